The van der Waals surface area contributed by atoms with Crippen LogP contribution >= 0.6 is 0 Å². The number of nitrogens with zero attached hydrogens (tertiary/aromatic N) is 2. The van der Waals surface area contributed by atoms with Gasteiger partial charge in [-0.05, 0) is 37.9 Å². The van der Waals surface area contributed by atoms with Crippen LogP contribution in [0.5, 0.6) is 5.75 Å². The van der Waals surface area contributed by atoms with Crippen molar-refractivity contribution in [3.63, 3.8) is 0 Å². The number of likely N-dealkylation sites (N-methyl/N-ethyl adjacent to an activating group) is 1. The predicted octanol–water partition coefficient (Wildman–Crippen LogP) is 3.92. The minimum Gasteiger partial charge on any atom is -0.483 e. The summed E-state index contributed by atoms with van der Waals surface area (Å²) >= 11 is 0. The molecule has 0 aliphatic carbocycles. The average molecular weight is 406 g/mol. The topological polar surface area (TPSA) is 77.4 Å². The van der Waals surface area contributed by atoms with Crippen molar-refractivity contribution in [1.82, 2.24) is 10.2 Å². The van der Waals surface area contributed by atoms with Crippen LogP contribution in [0.2, 0.25) is 0 Å². The molecule has 29 heavy (non-hydrogen) atoms. The number of hydrogen-bond acceptors (Lipinski definition) is 4. The fourth-order valence-electron chi connectivity index (χ4n) is 2.59. The third-order valence-electron chi connectivity index (χ3n) is 3.80. The van der Waals surface area contributed by atoms with Crippen LogP contribution in [-0.4, -0.2) is 44.4 Å². The van der Waals surface area contributed by atoms with E-state index in [2.05, 4.69) is 15.4 Å². The molecule has 0 saturated carbocycles. The SMILES string of the molecule is CN(C)CC(NC(=O)Nc1ccc(OCC(F)(F)F)c(C#N)c1)c1ccccc1. The summed E-state index contributed by atoms with van der Waals surface area (Å²) in [6, 6.07) is 14.2. The number of urea groups is 1. The van der Waals surface area contributed by atoms with Crippen molar-refractivity contribution < 1.29 is 22.7 Å². The van der Waals surface area contributed by atoms with Crippen molar-refractivity contribution in [3.8, 4) is 11.8 Å². The molecule has 0 fully saturated rings. The van der Waals surface area contributed by atoms with Crippen LogP contribution in [0.25, 0.3) is 0 Å². The van der Waals surface area contributed by atoms with Gasteiger partial charge in [0, 0.05) is 12.2 Å². The number of amides is 2. The average Bonchev–Trinajstić information content (AvgIpc) is 2.66. The van der Waals surface area contributed by atoms with E-state index >= 15 is 0 Å². The Hall–Kier alpha value is -3.25. The third kappa shape index (κ3) is 7.35. The summed E-state index contributed by atoms with van der Waals surface area (Å²) < 4.78 is 41.5. The van der Waals surface area contributed by atoms with Crippen LogP contribution in [0.1, 0.15) is 17.2 Å². The van der Waals surface area contributed by atoms with Gasteiger partial charge in [-0.2, -0.15) is 18.4 Å². The highest BCUT2D eigenvalue weighted by Crippen LogP contribution is 2.25. The van der Waals surface area contributed by atoms with Gasteiger partial charge in [-0.15, -0.1) is 0 Å². The van der Waals surface area contributed by atoms with Gasteiger partial charge in [-0.1, -0.05) is 30.3 Å². The number of benzene rings is 2. The first kappa shape index (κ1) is 22.0. The number of nitriles is 1. The lowest BCUT2D eigenvalue weighted by molar-refractivity contribution is -0.153. The van der Waals surface area contributed by atoms with E-state index in [9.17, 15) is 18.0 Å². The summed E-state index contributed by atoms with van der Waals surface area (Å²) in [6.07, 6.45) is -4.51. The van der Waals surface area contributed by atoms with Crippen molar-refractivity contribution in [1.29, 1.82) is 5.26 Å². The lowest BCUT2D eigenvalue weighted by Gasteiger charge is -2.23. The highest BCUT2D eigenvalue weighted by molar-refractivity contribution is 5.90. The third-order valence-corrected chi connectivity index (χ3v) is 3.80. The molecule has 0 bridgehead atoms. The van der Waals surface area contributed by atoms with Gasteiger partial charge in [0.25, 0.3) is 0 Å². The number of nitrogens with one attached hydrogen (secondary N) is 2. The fourth-order valence-corrected chi connectivity index (χ4v) is 2.59. The van der Waals surface area contributed by atoms with Crippen LogP contribution in [0.15, 0.2) is 48.5 Å². The normalized spacial score (nSPS) is 12.2. The van der Waals surface area contributed by atoms with E-state index in [0.29, 0.717) is 6.54 Å². The molecule has 2 aromatic rings. The van der Waals surface area contributed by atoms with Crippen LogP contribution in [-0.2, 0) is 0 Å². The second-order valence-corrected chi connectivity index (χ2v) is 6.55. The molecule has 2 rings (SSSR count). The molecular weight excluding hydrogens is 385 g/mol. The second-order valence-electron chi connectivity index (χ2n) is 6.55. The van der Waals surface area contributed by atoms with Crippen molar-refractivity contribution in [2.45, 2.75) is 12.2 Å². The summed E-state index contributed by atoms with van der Waals surface area (Å²) in [5.41, 5.74) is 1.07. The molecule has 2 aromatic carbocycles. The lowest BCUT2D eigenvalue weighted by Crippen LogP contribution is -2.37. The highest BCUT2D eigenvalue weighted by Gasteiger charge is 2.29. The Morgan fingerprint density at radius 3 is 2.48 bits per heavy atom. The number of halogens is 3. The van der Waals surface area contributed by atoms with Gasteiger partial charge >= 0.3 is 12.2 Å². The maximum Gasteiger partial charge on any atom is 0.422 e. The Morgan fingerprint density at radius 1 is 1.21 bits per heavy atom. The summed E-state index contributed by atoms with van der Waals surface area (Å²) in [5.74, 6) is -0.203. The Bertz CT molecular complexity index is 864. The number of hydrogen-bond donors (Lipinski definition) is 2. The molecule has 9 heteroatoms. The zero-order valence-corrected chi connectivity index (χ0v) is 16.0. The number of carbonyl (C=O) groups excluding carboxylic acids is 1. The zero-order chi connectivity index (χ0) is 21.4. The standard InChI is InChI=1S/C20H21F3N4O2/c1-27(2)12-17(14-6-4-3-5-7-14)26-19(28)25-16-8-9-18(15(10-16)11-24)29-13-20(21,22)23/h3-10,17H,12-13H2,1-2H3,(H2,25,26,28). The van der Waals surface area contributed by atoms with Crippen molar-refractivity contribution in [2.24, 2.45) is 0 Å². The summed E-state index contributed by atoms with van der Waals surface area (Å²) in [7, 11) is 3.77. The number of ether oxygens (including phenoxy) is 1. The van der Waals surface area contributed by atoms with E-state index in [1.807, 2.05) is 49.3 Å². The largest absolute Gasteiger partial charge is 0.483 e. The maximum atomic E-state index is 12.4. The fraction of sp³-hybridized carbons (Fsp3) is 0.300. The summed E-state index contributed by atoms with van der Waals surface area (Å²) in [5, 5.41) is 14.6. The molecule has 0 aromatic heterocycles. The maximum absolute atomic E-state index is 12.4. The van der Waals surface area contributed by atoms with Crippen molar-refractivity contribution in [2.75, 3.05) is 32.6 Å². The molecule has 0 aliphatic rings. The van der Waals surface area contributed by atoms with Gasteiger partial charge < -0.3 is 20.3 Å². The molecule has 2 amide bonds. The summed E-state index contributed by atoms with van der Waals surface area (Å²) in [6.45, 7) is -0.941. The molecule has 0 spiro atoms. The molecule has 1 unspecified atom stereocenters. The van der Waals surface area contributed by atoms with Crippen LogP contribution in [0.4, 0.5) is 23.7 Å². The number of alkyl halides is 3. The van der Waals surface area contributed by atoms with E-state index in [1.54, 1.807) is 6.07 Å². The Kier molecular flexibility index (Phi) is 7.45. The highest BCUT2D eigenvalue weighted by atomic mass is 19.4. The molecule has 0 heterocycles. The van der Waals surface area contributed by atoms with Gasteiger partial charge in [0.1, 0.15) is 11.8 Å². The van der Waals surface area contributed by atoms with Gasteiger partial charge in [0.2, 0.25) is 0 Å². The molecule has 1 atom stereocenters. The first-order chi connectivity index (χ1) is 13.7. The Labute approximate surface area is 166 Å². The van der Waals surface area contributed by atoms with Crippen molar-refractivity contribution >= 4 is 11.7 Å². The molecule has 2 N–H and O–H groups in total. The molecule has 0 aliphatic heterocycles. The predicted molar refractivity (Wildman–Crippen MR) is 103 cm³/mol. The van der Waals surface area contributed by atoms with E-state index in [-0.39, 0.29) is 23.0 Å². The first-order valence-corrected chi connectivity index (χ1v) is 8.69. The van der Waals surface area contributed by atoms with Crippen LogP contribution in [0.3, 0.4) is 0 Å². The number of anilines is 1. The van der Waals surface area contributed by atoms with E-state index in [1.165, 1.54) is 18.2 Å². The number of rotatable bonds is 7. The smallest absolute Gasteiger partial charge is 0.422 e. The van der Waals surface area contributed by atoms with E-state index in [0.717, 1.165) is 5.56 Å². The summed E-state index contributed by atoms with van der Waals surface area (Å²) in [4.78, 5) is 14.3. The Balaban J connectivity index is 2.08. The van der Waals surface area contributed by atoms with Gasteiger partial charge in [-0.25, -0.2) is 4.79 Å². The quantitative estimate of drug-likeness (QED) is 0.731. The minimum absolute atomic E-state index is 0.111. The molecule has 0 radical (unpaired) electrons. The molecule has 6 nitrogen and oxygen atoms in total. The van der Waals surface area contributed by atoms with E-state index < -0.39 is 18.8 Å². The first-order valence-electron chi connectivity index (χ1n) is 8.69. The van der Waals surface area contributed by atoms with Crippen molar-refractivity contribution in [3.05, 3.63) is 59.7 Å². The lowest BCUT2D eigenvalue weighted by atomic mass is 10.1. The minimum atomic E-state index is -4.51. The molecule has 154 valence electrons. The van der Waals surface area contributed by atoms with E-state index in [4.69, 9.17) is 5.26 Å². The van der Waals surface area contributed by atoms with Gasteiger partial charge in [-0.3, -0.25) is 0 Å². The van der Waals surface area contributed by atoms with Gasteiger partial charge in [0.05, 0.1) is 11.6 Å². The van der Waals surface area contributed by atoms with Gasteiger partial charge in [0.15, 0.2) is 6.61 Å². The van der Waals surface area contributed by atoms with Crippen LogP contribution in [0, 0.1) is 11.3 Å². The number of carbonyl (C=O) groups is 1. The molecule has 0 saturated heterocycles. The monoisotopic (exact) mass is 406 g/mol. The molecular formula is C20H21F3N4O2. The zero-order valence-electron chi connectivity index (χ0n) is 16.0. The Morgan fingerprint density at radius 2 is 1.90 bits per heavy atom. The second kappa shape index (κ2) is 9.80. The van der Waals surface area contributed by atoms with Crippen LogP contribution < -0.4 is 15.4 Å².